The molecule has 0 unspecified atom stereocenters. The molecular weight excluding hydrogens is 200 g/mol. The average Bonchev–Trinajstić information content (AvgIpc) is 2.35. The summed E-state index contributed by atoms with van der Waals surface area (Å²) in [5, 5.41) is 0. The van der Waals surface area contributed by atoms with Gasteiger partial charge in [-0.1, -0.05) is 24.3 Å². The summed E-state index contributed by atoms with van der Waals surface area (Å²) in [4.78, 5) is 0. The van der Waals surface area contributed by atoms with Gasteiger partial charge in [0.25, 0.3) is 0 Å². The normalized spacial score (nSPS) is 12.3. The van der Waals surface area contributed by atoms with E-state index in [1.807, 2.05) is 36.4 Å². The SMILES string of the molecule is COc1cccc2c1Cc1ccccc1O2. The Balaban J connectivity index is 2.12. The van der Waals surface area contributed by atoms with Crippen LogP contribution in [0.15, 0.2) is 42.5 Å². The van der Waals surface area contributed by atoms with E-state index < -0.39 is 0 Å². The van der Waals surface area contributed by atoms with Crippen molar-refractivity contribution in [3.05, 3.63) is 53.6 Å². The highest BCUT2D eigenvalue weighted by atomic mass is 16.5. The largest absolute Gasteiger partial charge is 0.496 e. The van der Waals surface area contributed by atoms with Crippen LogP contribution < -0.4 is 9.47 Å². The second-order valence-corrected chi connectivity index (χ2v) is 3.82. The summed E-state index contributed by atoms with van der Waals surface area (Å²) < 4.78 is 11.2. The van der Waals surface area contributed by atoms with Gasteiger partial charge in [0.05, 0.1) is 7.11 Å². The number of methoxy groups -OCH3 is 1. The monoisotopic (exact) mass is 212 g/mol. The molecule has 2 heteroatoms. The van der Waals surface area contributed by atoms with Crippen molar-refractivity contribution in [3.63, 3.8) is 0 Å². The lowest BCUT2D eigenvalue weighted by atomic mass is 10.00. The first-order valence-corrected chi connectivity index (χ1v) is 5.30. The molecular formula is C14H12O2. The van der Waals surface area contributed by atoms with Gasteiger partial charge in [-0.2, -0.15) is 0 Å². The number of rotatable bonds is 1. The molecule has 16 heavy (non-hydrogen) atoms. The molecule has 1 aliphatic heterocycles. The Morgan fingerprint density at radius 1 is 1.00 bits per heavy atom. The van der Waals surface area contributed by atoms with Gasteiger partial charge in [-0.05, 0) is 23.8 Å². The molecule has 3 rings (SSSR count). The highest BCUT2D eigenvalue weighted by Crippen LogP contribution is 2.40. The molecule has 0 atom stereocenters. The summed E-state index contributed by atoms with van der Waals surface area (Å²) in [6.45, 7) is 0. The summed E-state index contributed by atoms with van der Waals surface area (Å²) in [5.74, 6) is 2.74. The van der Waals surface area contributed by atoms with Gasteiger partial charge < -0.3 is 9.47 Å². The zero-order valence-corrected chi connectivity index (χ0v) is 9.07. The van der Waals surface area contributed by atoms with Crippen LogP contribution in [0.3, 0.4) is 0 Å². The minimum atomic E-state index is 0.871. The Bertz CT molecular complexity index is 532. The standard InChI is InChI=1S/C14H12O2/c1-15-13-7-4-8-14-11(13)9-10-5-2-3-6-12(10)16-14/h2-8H,9H2,1H3. The Morgan fingerprint density at radius 2 is 1.81 bits per heavy atom. The molecule has 80 valence electrons. The Labute approximate surface area is 94.4 Å². The van der Waals surface area contributed by atoms with E-state index in [-0.39, 0.29) is 0 Å². The van der Waals surface area contributed by atoms with Gasteiger partial charge in [0, 0.05) is 12.0 Å². The summed E-state index contributed by atoms with van der Waals surface area (Å²) in [6, 6.07) is 14.0. The molecule has 0 bridgehead atoms. The van der Waals surface area contributed by atoms with E-state index in [1.165, 1.54) is 5.56 Å². The van der Waals surface area contributed by atoms with Crippen LogP contribution in [0.2, 0.25) is 0 Å². The van der Waals surface area contributed by atoms with Crippen molar-refractivity contribution >= 4 is 0 Å². The number of benzene rings is 2. The molecule has 2 nitrogen and oxygen atoms in total. The fourth-order valence-corrected chi connectivity index (χ4v) is 2.06. The van der Waals surface area contributed by atoms with Crippen LogP contribution in [0.25, 0.3) is 0 Å². The molecule has 1 heterocycles. The Morgan fingerprint density at radius 3 is 2.69 bits per heavy atom. The van der Waals surface area contributed by atoms with Gasteiger partial charge in [0.1, 0.15) is 17.2 Å². The van der Waals surface area contributed by atoms with Crippen LogP contribution in [0.5, 0.6) is 17.2 Å². The van der Waals surface area contributed by atoms with Crippen molar-refractivity contribution in [3.8, 4) is 17.2 Å². The van der Waals surface area contributed by atoms with E-state index in [0.717, 1.165) is 29.2 Å². The van der Waals surface area contributed by atoms with Crippen molar-refractivity contribution in [1.82, 2.24) is 0 Å². The van der Waals surface area contributed by atoms with Crippen LogP contribution in [0.4, 0.5) is 0 Å². The molecule has 0 spiro atoms. The second-order valence-electron chi connectivity index (χ2n) is 3.82. The van der Waals surface area contributed by atoms with Crippen molar-refractivity contribution in [2.75, 3.05) is 7.11 Å². The third-order valence-corrected chi connectivity index (χ3v) is 2.87. The molecule has 0 saturated carbocycles. The fourth-order valence-electron chi connectivity index (χ4n) is 2.06. The van der Waals surface area contributed by atoms with Gasteiger partial charge in [0.2, 0.25) is 0 Å². The van der Waals surface area contributed by atoms with Crippen molar-refractivity contribution in [2.24, 2.45) is 0 Å². The summed E-state index contributed by atoms with van der Waals surface area (Å²) >= 11 is 0. The Hall–Kier alpha value is -1.96. The lowest BCUT2D eigenvalue weighted by Gasteiger charge is -2.21. The first-order valence-electron chi connectivity index (χ1n) is 5.30. The second kappa shape index (κ2) is 3.56. The zero-order chi connectivity index (χ0) is 11.0. The van der Waals surface area contributed by atoms with Crippen molar-refractivity contribution < 1.29 is 9.47 Å². The first-order chi connectivity index (χ1) is 7.88. The number of hydrogen-bond acceptors (Lipinski definition) is 2. The van der Waals surface area contributed by atoms with Crippen LogP contribution >= 0.6 is 0 Å². The summed E-state index contributed by atoms with van der Waals surface area (Å²) in [5.41, 5.74) is 2.34. The van der Waals surface area contributed by atoms with Gasteiger partial charge in [-0.15, -0.1) is 0 Å². The summed E-state index contributed by atoms with van der Waals surface area (Å²) in [7, 11) is 1.69. The van der Waals surface area contributed by atoms with E-state index in [1.54, 1.807) is 7.11 Å². The minimum absolute atomic E-state index is 0.871. The van der Waals surface area contributed by atoms with Gasteiger partial charge in [-0.25, -0.2) is 0 Å². The molecule has 0 N–H and O–H groups in total. The molecule has 1 aliphatic rings. The summed E-state index contributed by atoms with van der Waals surface area (Å²) in [6.07, 6.45) is 0.871. The third kappa shape index (κ3) is 1.34. The van der Waals surface area contributed by atoms with Crippen LogP contribution in [0.1, 0.15) is 11.1 Å². The van der Waals surface area contributed by atoms with Crippen LogP contribution in [0, 0.1) is 0 Å². The lowest BCUT2D eigenvalue weighted by molar-refractivity contribution is 0.397. The number of hydrogen-bond donors (Lipinski definition) is 0. The van der Waals surface area contributed by atoms with Gasteiger partial charge in [0.15, 0.2) is 0 Å². The van der Waals surface area contributed by atoms with E-state index in [4.69, 9.17) is 9.47 Å². The van der Waals surface area contributed by atoms with E-state index >= 15 is 0 Å². The molecule has 0 amide bonds. The molecule has 0 saturated heterocycles. The Kier molecular flexibility index (Phi) is 2.07. The predicted octanol–water partition coefficient (Wildman–Crippen LogP) is 3.39. The highest BCUT2D eigenvalue weighted by molar-refractivity contribution is 5.54. The fraction of sp³-hybridized carbons (Fsp3) is 0.143. The maximum absolute atomic E-state index is 5.84. The first kappa shape index (κ1) is 9.28. The minimum Gasteiger partial charge on any atom is -0.496 e. The van der Waals surface area contributed by atoms with E-state index in [0.29, 0.717) is 0 Å². The molecule has 0 aliphatic carbocycles. The molecule has 0 radical (unpaired) electrons. The maximum atomic E-state index is 5.84. The predicted molar refractivity (Wildman–Crippen MR) is 62.3 cm³/mol. The molecule has 0 fully saturated rings. The number of fused-ring (bicyclic) bond motifs is 2. The molecule has 2 aromatic carbocycles. The topological polar surface area (TPSA) is 18.5 Å². The number of para-hydroxylation sites is 1. The third-order valence-electron chi connectivity index (χ3n) is 2.87. The average molecular weight is 212 g/mol. The van der Waals surface area contributed by atoms with E-state index in [9.17, 15) is 0 Å². The van der Waals surface area contributed by atoms with Crippen LogP contribution in [-0.2, 0) is 6.42 Å². The zero-order valence-electron chi connectivity index (χ0n) is 9.07. The molecule has 2 aromatic rings. The van der Waals surface area contributed by atoms with Crippen LogP contribution in [-0.4, -0.2) is 7.11 Å². The quantitative estimate of drug-likeness (QED) is 0.615. The van der Waals surface area contributed by atoms with E-state index in [2.05, 4.69) is 6.07 Å². The maximum Gasteiger partial charge on any atom is 0.134 e. The lowest BCUT2D eigenvalue weighted by Crippen LogP contribution is -2.04. The number of ether oxygens (including phenoxy) is 2. The highest BCUT2D eigenvalue weighted by Gasteiger charge is 2.19. The van der Waals surface area contributed by atoms with Crippen molar-refractivity contribution in [2.45, 2.75) is 6.42 Å². The van der Waals surface area contributed by atoms with Gasteiger partial charge >= 0.3 is 0 Å². The smallest absolute Gasteiger partial charge is 0.134 e. The van der Waals surface area contributed by atoms with Crippen molar-refractivity contribution in [1.29, 1.82) is 0 Å². The van der Waals surface area contributed by atoms with Gasteiger partial charge in [-0.3, -0.25) is 0 Å². The molecule has 0 aromatic heterocycles.